The molecule has 2 aromatic rings. The third-order valence-corrected chi connectivity index (χ3v) is 6.11. The molecular weight excluding hydrogens is 393 g/mol. The molecule has 2 saturated heterocycles. The Labute approximate surface area is 181 Å². The lowest BCUT2D eigenvalue weighted by Gasteiger charge is -2.27. The fraction of sp³-hybridized carbons (Fsp3) is 0.500. The predicted octanol–water partition coefficient (Wildman–Crippen LogP) is 4.23. The summed E-state index contributed by atoms with van der Waals surface area (Å²) in [4.78, 5) is 9.77. The molecule has 0 aliphatic carbocycles. The van der Waals surface area contributed by atoms with E-state index in [9.17, 15) is 0 Å². The van der Waals surface area contributed by atoms with E-state index in [4.69, 9.17) is 4.74 Å². The largest absolute Gasteiger partial charge is 0.497 e. The van der Waals surface area contributed by atoms with E-state index in [1.165, 1.54) is 29.9 Å². The van der Waals surface area contributed by atoms with Gasteiger partial charge in [-0.3, -0.25) is 14.8 Å². The number of rotatable bonds is 5. The molecule has 2 aliphatic rings. The Morgan fingerprint density at radius 3 is 2.39 bits per heavy atom. The lowest BCUT2D eigenvalue weighted by Crippen LogP contribution is -2.29. The van der Waals surface area contributed by atoms with Gasteiger partial charge in [-0.15, -0.1) is 24.8 Å². The van der Waals surface area contributed by atoms with Gasteiger partial charge in [-0.2, -0.15) is 0 Å². The minimum Gasteiger partial charge on any atom is -0.497 e. The Morgan fingerprint density at radius 1 is 1.04 bits per heavy atom. The van der Waals surface area contributed by atoms with Crippen molar-refractivity contribution in [2.24, 2.45) is 11.8 Å². The number of nitrogens with zero attached hydrogens (tertiary/aromatic N) is 3. The third kappa shape index (κ3) is 4.62. The molecule has 3 atom stereocenters. The van der Waals surface area contributed by atoms with Gasteiger partial charge < -0.3 is 4.74 Å². The van der Waals surface area contributed by atoms with Crippen LogP contribution in [0.2, 0.25) is 0 Å². The summed E-state index contributed by atoms with van der Waals surface area (Å²) >= 11 is 0. The van der Waals surface area contributed by atoms with E-state index in [1.807, 2.05) is 6.20 Å². The number of aromatic nitrogens is 1. The van der Waals surface area contributed by atoms with Gasteiger partial charge in [0, 0.05) is 38.4 Å². The molecule has 0 radical (unpaired) electrons. The van der Waals surface area contributed by atoms with Crippen LogP contribution < -0.4 is 4.74 Å². The summed E-state index contributed by atoms with van der Waals surface area (Å²) in [5, 5.41) is 0. The van der Waals surface area contributed by atoms with Crippen molar-refractivity contribution in [2.75, 3.05) is 33.8 Å². The average Bonchev–Trinajstić information content (AvgIpc) is 3.18. The van der Waals surface area contributed by atoms with E-state index in [1.54, 1.807) is 7.11 Å². The van der Waals surface area contributed by atoms with Gasteiger partial charge in [-0.1, -0.05) is 25.1 Å². The van der Waals surface area contributed by atoms with E-state index < -0.39 is 0 Å². The molecule has 0 N–H and O–H groups in total. The first-order valence-corrected chi connectivity index (χ1v) is 9.68. The number of likely N-dealkylation sites (tertiary alicyclic amines) is 2. The van der Waals surface area contributed by atoms with Gasteiger partial charge in [0.1, 0.15) is 5.75 Å². The molecule has 6 heteroatoms. The molecule has 4 rings (SSSR count). The summed E-state index contributed by atoms with van der Waals surface area (Å²) in [6.07, 6.45) is 3.08. The highest BCUT2D eigenvalue weighted by atomic mass is 35.5. The quantitative estimate of drug-likeness (QED) is 0.718. The molecule has 2 fully saturated rings. The number of halogens is 2. The van der Waals surface area contributed by atoms with Crippen molar-refractivity contribution in [2.45, 2.75) is 25.9 Å². The zero-order valence-corrected chi connectivity index (χ0v) is 18.5. The minimum atomic E-state index is 0. The second kappa shape index (κ2) is 9.93. The molecule has 0 saturated carbocycles. The van der Waals surface area contributed by atoms with E-state index >= 15 is 0 Å². The number of ether oxygens (including phenoxy) is 1. The van der Waals surface area contributed by atoms with Crippen LogP contribution >= 0.6 is 24.8 Å². The number of fused-ring (bicyclic) bond motifs is 1. The number of pyridine rings is 1. The zero-order chi connectivity index (χ0) is 18.1. The Hall–Kier alpha value is -1.33. The van der Waals surface area contributed by atoms with Crippen LogP contribution in [-0.4, -0.2) is 48.6 Å². The van der Waals surface area contributed by atoms with Gasteiger partial charge in [-0.05, 0) is 54.6 Å². The number of benzene rings is 1. The van der Waals surface area contributed by atoms with Crippen LogP contribution in [0.25, 0.3) is 0 Å². The molecule has 0 amide bonds. The van der Waals surface area contributed by atoms with Crippen molar-refractivity contribution in [3.8, 4) is 5.75 Å². The summed E-state index contributed by atoms with van der Waals surface area (Å²) < 4.78 is 5.32. The molecular formula is C22H31Cl2N3O. The molecule has 0 spiro atoms. The molecule has 28 heavy (non-hydrogen) atoms. The number of hydrogen-bond acceptors (Lipinski definition) is 4. The average molecular weight is 424 g/mol. The Bertz CT molecular complexity index is 738. The highest BCUT2D eigenvalue weighted by molar-refractivity contribution is 5.85. The van der Waals surface area contributed by atoms with Crippen molar-refractivity contribution in [3.05, 3.63) is 59.4 Å². The number of aryl methyl sites for hydroxylation is 1. The summed E-state index contributed by atoms with van der Waals surface area (Å²) in [5.41, 5.74) is 3.91. The first-order chi connectivity index (χ1) is 12.7. The number of methoxy groups -OCH3 is 1. The highest BCUT2D eigenvalue weighted by Crippen LogP contribution is 2.44. The molecule has 1 aromatic carbocycles. The Kier molecular flexibility index (Phi) is 8.14. The SMILES string of the molecule is CCc1ccc(CN2C[C@@H]3CN(C)[C@@H](c4ccc(OC)cc4)[C@@H]3C2)nc1.Cl.Cl. The normalized spacial score (nSPS) is 24.3. The van der Waals surface area contributed by atoms with Crippen molar-refractivity contribution >= 4 is 24.8 Å². The topological polar surface area (TPSA) is 28.6 Å². The van der Waals surface area contributed by atoms with Crippen molar-refractivity contribution in [1.29, 1.82) is 0 Å². The fourth-order valence-electron chi connectivity index (χ4n) is 4.77. The minimum absolute atomic E-state index is 0. The molecule has 2 aliphatic heterocycles. The molecule has 154 valence electrons. The van der Waals surface area contributed by atoms with E-state index in [0.717, 1.165) is 31.2 Å². The van der Waals surface area contributed by atoms with Crippen LogP contribution in [0.15, 0.2) is 42.6 Å². The summed E-state index contributed by atoms with van der Waals surface area (Å²) in [6, 6.07) is 13.6. The lowest BCUT2D eigenvalue weighted by atomic mass is 9.89. The maximum absolute atomic E-state index is 5.32. The predicted molar refractivity (Wildman–Crippen MR) is 119 cm³/mol. The fourth-order valence-corrected chi connectivity index (χ4v) is 4.77. The Morgan fingerprint density at radius 2 is 1.79 bits per heavy atom. The summed E-state index contributed by atoms with van der Waals surface area (Å²) in [5.74, 6) is 2.38. The van der Waals surface area contributed by atoms with E-state index in [0.29, 0.717) is 12.0 Å². The third-order valence-electron chi connectivity index (χ3n) is 6.11. The second-order valence-electron chi connectivity index (χ2n) is 7.79. The highest BCUT2D eigenvalue weighted by Gasteiger charge is 2.45. The lowest BCUT2D eigenvalue weighted by molar-refractivity contribution is 0.223. The van der Waals surface area contributed by atoms with Crippen LogP contribution in [-0.2, 0) is 13.0 Å². The molecule has 3 heterocycles. The maximum atomic E-state index is 5.32. The molecule has 1 aromatic heterocycles. The smallest absolute Gasteiger partial charge is 0.118 e. The molecule has 0 unspecified atom stereocenters. The summed E-state index contributed by atoms with van der Waals surface area (Å²) in [7, 11) is 3.99. The van der Waals surface area contributed by atoms with Gasteiger partial charge in [0.25, 0.3) is 0 Å². The zero-order valence-electron chi connectivity index (χ0n) is 16.9. The van der Waals surface area contributed by atoms with Crippen molar-refractivity contribution in [3.63, 3.8) is 0 Å². The van der Waals surface area contributed by atoms with Crippen molar-refractivity contribution < 1.29 is 4.74 Å². The maximum Gasteiger partial charge on any atom is 0.118 e. The van der Waals surface area contributed by atoms with Crippen LogP contribution in [0.1, 0.15) is 29.8 Å². The molecule has 0 bridgehead atoms. The van der Waals surface area contributed by atoms with Gasteiger partial charge in [0.2, 0.25) is 0 Å². The number of hydrogen-bond donors (Lipinski definition) is 0. The van der Waals surface area contributed by atoms with Gasteiger partial charge in [0.15, 0.2) is 0 Å². The standard InChI is InChI=1S/C22H29N3O.2ClH/c1-4-16-5-8-19(23-11-16)14-25-13-18-12-24(2)22(21(18)15-25)17-6-9-20(26-3)10-7-17;;/h5-11,18,21-22H,4,12-15H2,1-3H3;2*1H/t18-,21+,22-;;/m0../s1. The van der Waals surface area contributed by atoms with Gasteiger partial charge in [0.05, 0.1) is 12.8 Å². The second-order valence-corrected chi connectivity index (χ2v) is 7.79. The van der Waals surface area contributed by atoms with Crippen molar-refractivity contribution in [1.82, 2.24) is 14.8 Å². The first-order valence-electron chi connectivity index (χ1n) is 9.68. The first kappa shape index (κ1) is 23.0. The Balaban J connectivity index is 0.00000140. The van der Waals surface area contributed by atoms with E-state index in [-0.39, 0.29) is 24.8 Å². The monoisotopic (exact) mass is 423 g/mol. The van der Waals surface area contributed by atoms with Crippen LogP contribution in [0.4, 0.5) is 0 Å². The van der Waals surface area contributed by atoms with Crippen LogP contribution in [0, 0.1) is 11.8 Å². The van der Waals surface area contributed by atoms with E-state index in [2.05, 4.69) is 65.2 Å². The summed E-state index contributed by atoms with van der Waals surface area (Å²) in [6.45, 7) is 6.66. The van der Waals surface area contributed by atoms with Crippen LogP contribution in [0.5, 0.6) is 5.75 Å². The van der Waals surface area contributed by atoms with Gasteiger partial charge >= 0.3 is 0 Å². The van der Waals surface area contributed by atoms with Gasteiger partial charge in [-0.25, -0.2) is 0 Å². The van der Waals surface area contributed by atoms with Crippen LogP contribution in [0.3, 0.4) is 0 Å². The molecule has 4 nitrogen and oxygen atoms in total.